The monoisotopic (exact) mass is 260 g/mol. The molecule has 0 bridgehead atoms. The van der Waals surface area contributed by atoms with Crippen molar-refractivity contribution in [3.8, 4) is 0 Å². The van der Waals surface area contributed by atoms with E-state index in [1.165, 1.54) is 25.7 Å². The van der Waals surface area contributed by atoms with Crippen molar-refractivity contribution in [2.75, 3.05) is 53.0 Å². The summed E-state index contributed by atoms with van der Waals surface area (Å²) in [5, 5.41) is 17.7. The molecule has 0 rings (SSSR count). The quantitative estimate of drug-likeness (QED) is 0.488. The molecule has 0 saturated carbocycles. The third kappa shape index (κ3) is 11.0. The average Bonchev–Trinajstić information content (AvgIpc) is 2.34. The van der Waals surface area contributed by atoms with Crippen molar-refractivity contribution in [2.45, 2.75) is 39.0 Å². The van der Waals surface area contributed by atoms with Gasteiger partial charge in [-0.3, -0.25) is 0 Å². The van der Waals surface area contributed by atoms with Crippen LogP contribution in [0.25, 0.3) is 0 Å². The Hall–Kier alpha value is -0.160. The molecule has 18 heavy (non-hydrogen) atoms. The van der Waals surface area contributed by atoms with Gasteiger partial charge in [-0.1, -0.05) is 19.8 Å². The van der Waals surface area contributed by atoms with Gasteiger partial charge in [-0.05, 0) is 45.9 Å². The first kappa shape index (κ1) is 17.8. The summed E-state index contributed by atoms with van der Waals surface area (Å²) in [6, 6.07) is 0. The van der Waals surface area contributed by atoms with Gasteiger partial charge in [-0.15, -0.1) is 0 Å². The van der Waals surface area contributed by atoms with Crippen LogP contribution in [-0.4, -0.2) is 73.0 Å². The highest BCUT2D eigenvalue weighted by Crippen LogP contribution is 2.03. The molecule has 4 nitrogen and oxygen atoms in total. The molecule has 0 aliphatic rings. The highest BCUT2D eigenvalue weighted by atomic mass is 16.3. The van der Waals surface area contributed by atoms with E-state index in [1.807, 2.05) is 0 Å². The Kier molecular flexibility index (Phi) is 13.2. The van der Waals surface area contributed by atoms with Crippen molar-refractivity contribution < 1.29 is 10.2 Å². The lowest BCUT2D eigenvalue weighted by atomic mass is 10.2. The fourth-order valence-corrected chi connectivity index (χ4v) is 2.15. The Morgan fingerprint density at radius 3 is 1.89 bits per heavy atom. The molecule has 0 aliphatic carbocycles. The largest absolute Gasteiger partial charge is 0.395 e. The van der Waals surface area contributed by atoms with Crippen molar-refractivity contribution in [3.05, 3.63) is 0 Å². The van der Waals surface area contributed by atoms with Gasteiger partial charge in [0.2, 0.25) is 0 Å². The van der Waals surface area contributed by atoms with Crippen LogP contribution in [0.2, 0.25) is 0 Å². The molecule has 0 aromatic heterocycles. The lowest BCUT2D eigenvalue weighted by molar-refractivity contribution is 0.192. The maximum absolute atomic E-state index is 8.95. The van der Waals surface area contributed by atoms with E-state index in [4.69, 9.17) is 10.2 Å². The van der Waals surface area contributed by atoms with Gasteiger partial charge in [-0.25, -0.2) is 0 Å². The molecule has 0 heterocycles. The Bertz CT molecular complexity index is 162. The van der Waals surface area contributed by atoms with Gasteiger partial charge in [-0.2, -0.15) is 0 Å². The van der Waals surface area contributed by atoms with Gasteiger partial charge in [0.25, 0.3) is 0 Å². The molecule has 4 heteroatoms. The molecule has 0 aliphatic heterocycles. The summed E-state index contributed by atoms with van der Waals surface area (Å²) in [6.45, 7) is 7.58. The molecular weight excluding hydrogens is 228 g/mol. The van der Waals surface area contributed by atoms with E-state index in [0.717, 1.165) is 39.1 Å². The van der Waals surface area contributed by atoms with Gasteiger partial charge in [0.1, 0.15) is 0 Å². The molecule has 0 unspecified atom stereocenters. The molecular formula is C14H32N2O2. The van der Waals surface area contributed by atoms with Crippen LogP contribution in [0.3, 0.4) is 0 Å². The predicted molar refractivity (Wildman–Crippen MR) is 76.9 cm³/mol. The lowest BCUT2D eigenvalue weighted by Gasteiger charge is -2.20. The van der Waals surface area contributed by atoms with Crippen molar-refractivity contribution in [1.82, 2.24) is 9.80 Å². The van der Waals surface area contributed by atoms with E-state index in [-0.39, 0.29) is 13.2 Å². The first-order valence-corrected chi connectivity index (χ1v) is 7.37. The van der Waals surface area contributed by atoms with Gasteiger partial charge in [0, 0.05) is 13.1 Å². The van der Waals surface area contributed by atoms with Gasteiger partial charge in [0.05, 0.1) is 13.2 Å². The second kappa shape index (κ2) is 13.3. The van der Waals surface area contributed by atoms with Crippen molar-refractivity contribution in [1.29, 1.82) is 0 Å². The number of hydrogen-bond donors (Lipinski definition) is 2. The summed E-state index contributed by atoms with van der Waals surface area (Å²) < 4.78 is 0. The molecule has 0 aromatic carbocycles. The van der Waals surface area contributed by atoms with E-state index < -0.39 is 0 Å². The minimum atomic E-state index is 0.254. The number of likely N-dealkylation sites (N-methyl/N-ethyl adjacent to an activating group) is 1. The third-order valence-corrected chi connectivity index (χ3v) is 3.20. The van der Waals surface area contributed by atoms with E-state index in [9.17, 15) is 0 Å². The smallest absolute Gasteiger partial charge is 0.0558 e. The van der Waals surface area contributed by atoms with Crippen molar-refractivity contribution in [3.63, 3.8) is 0 Å². The molecule has 0 radical (unpaired) electrons. The lowest BCUT2D eigenvalue weighted by Crippen LogP contribution is -2.28. The predicted octanol–water partition coefficient (Wildman–Crippen LogP) is 1.18. The van der Waals surface area contributed by atoms with Gasteiger partial charge in [0.15, 0.2) is 0 Å². The van der Waals surface area contributed by atoms with Crippen LogP contribution in [0, 0.1) is 0 Å². The van der Waals surface area contributed by atoms with Crippen molar-refractivity contribution in [2.24, 2.45) is 0 Å². The Labute approximate surface area is 113 Å². The molecule has 0 saturated heterocycles. The maximum Gasteiger partial charge on any atom is 0.0558 e. The van der Waals surface area contributed by atoms with Crippen LogP contribution in [0.4, 0.5) is 0 Å². The average molecular weight is 260 g/mol. The van der Waals surface area contributed by atoms with Gasteiger partial charge >= 0.3 is 0 Å². The fraction of sp³-hybridized carbons (Fsp3) is 1.00. The number of hydrogen-bond acceptors (Lipinski definition) is 4. The molecule has 0 fully saturated rings. The summed E-state index contributed by atoms with van der Waals surface area (Å²) in [5.41, 5.74) is 0. The third-order valence-electron chi connectivity index (χ3n) is 3.20. The van der Waals surface area contributed by atoms with Crippen molar-refractivity contribution >= 4 is 0 Å². The number of rotatable bonds is 13. The zero-order valence-electron chi connectivity index (χ0n) is 12.3. The molecule has 0 aromatic rings. The molecule has 110 valence electrons. The number of aliphatic hydroxyl groups excluding tert-OH is 2. The Morgan fingerprint density at radius 2 is 1.33 bits per heavy atom. The number of nitrogens with zero attached hydrogens (tertiary/aromatic N) is 2. The molecule has 0 amide bonds. The standard InChI is InChI=1S/C14H32N2O2/c1-3-8-16(12-14-18)10-7-5-4-6-9-15(2)11-13-17/h17-18H,3-14H2,1-2H3. The first-order valence-electron chi connectivity index (χ1n) is 7.37. The first-order chi connectivity index (χ1) is 8.74. The minimum absolute atomic E-state index is 0.254. The summed E-state index contributed by atoms with van der Waals surface area (Å²) in [4.78, 5) is 4.52. The summed E-state index contributed by atoms with van der Waals surface area (Å²) >= 11 is 0. The highest BCUT2D eigenvalue weighted by molar-refractivity contribution is 4.57. The normalized spacial score (nSPS) is 11.7. The van der Waals surface area contributed by atoms with Crippen LogP contribution < -0.4 is 0 Å². The van der Waals surface area contributed by atoms with Gasteiger partial charge < -0.3 is 20.0 Å². The molecule has 2 N–H and O–H groups in total. The molecule has 0 spiro atoms. The molecule has 0 atom stereocenters. The summed E-state index contributed by atoms with van der Waals surface area (Å²) in [7, 11) is 2.06. The zero-order chi connectivity index (χ0) is 13.6. The van der Waals surface area contributed by atoms with E-state index in [2.05, 4.69) is 23.8 Å². The van der Waals surface area contributed by atoms with E-state index in [1.54, 1.807) is 0 Å². The SMILES string of the molecule is CCCN(CCO)CCCCCCN(C)CCO. The van der Waals surface area contributed by atoms with Crippen LogP contribution in [0.5, 0.6) is 0 Å². The van der Waals surface area contributed by atoms with Crippen LogP contribution in [0.15, 0.2) is 0 Å². The second-order valence-corrected chi connectivity index (χ2v) is 5.01. The number of aliphatic hydroxyl groups is 2. The Balaban J connectivity index is 3.36. The van der Waals surface area contributed by atoms with Crippen LogP contribution in [-0.2, 0) is 0 Å². The maximum atomic E-state index is 8.95. The van der Waals surface area contributed by atoms with Crippen LogP contribution >= 0.6 is 0 Å². The topological polar surface area (TPSA) is 46.9 Å². The summed E-state index contributed by atoms with van der Waals surface area (Å²) in [6.07, 6.45) is 6.12. The second-order valence-electron chi connectivity index (χ2n) is 5.01. The minimum Gasteiger partial charge on any atom is -0.395 e. The highest BCUT2D eigenvalue weighted by Gasteiger charge is 2.02. The number of unbranched alkanes of at least 4 members (excludes halogenated alkanes) is 3. The van der Waals surface area contributed by atoms with Crippen LogP contribution in [0.1, 0.15) is 39.0 Å². The van der Waals surface area contributed by atoms with E-state index in [0.29, 0.717) is 0 Å². The summed E-state index contributed by atoms with van der Waals surface area (Å²) in [5.74, 6) is 0. The fourth-order valence-electron chi connectivity index (χ4n) is 2.15. The zero-order valence-corrected chi connectivity index (χ0v) is 12.3. The van der Waals surface area contributed by atoms with E-state index >= 15 is 0 Å². The Morgan fingerprint density at radius 1 is 0.722 bits per heavy atom.